The van der Waals surface area contributed by atoms with E-state index in [4.69, 9.17) is 10.5 Å². The Hall–Kier alpha value is -2.74. The van der Waals surface area contributed by atoms with Gasteiger partial charge < -0.3 is 21.1 Å². The molecule has 1 amide bonds. The lowest BCUT2D eigenvalue weighted by atomic mass is 10.2. The second-order valence-electron chi connectivity index (χ2n) is 6.57. The minimum Gasteiger partial charge on any atom is -0.403 e. The summed E-state index contributed by atoms with van der Waals surface area (Å²) in [7, 11) is 1.65. The van der Waals surface area contributed by atoms with Crippen molar-refractivity contribution in [3.8, 4) is 0 Å². The molecule has 1 atom stereocenters. The molecule has 1 unspecified atom stereocenters. The van der Waals surface area contributed by atoms with Crippen molar-refractivity contribution < 1.29 is 13.9 Å². The van der Waals surface area contributed by atoms with Crippen LogP contribution in [0.5, 0.6) is 0 Å². The lowest BCUT2D eigenvalue weighted by Gasteiger charge is -2.10. The summed E-state index contributed by atoms with van der Waals surface area (Å²) in [5.74, 6) is -0.337. The fourth-order valence-corrected chi connectivity index (χ4v) is 2.80. The topological polar surface area (TPSA) is 101 Å². The number of fused-ring (bicyclic) bond motifs is 1. The number of ether oxygens (including phenoxy) is 1. The molecule has 7 nitrogen and oxygen atoms in total. The van der Waals surface area contributed by atoms with E-state index >= 15 is 0 Å². The minimum absolute atomic E-state index is 0.0777. The van der Waals surface area contributed by atoms with E-state index in [0.29, 0.717) is 30.3 Å². The molecule has 0 bridgehead atoms. The number of allylic oxidation sites excluding steroid dienone is 1. The molecule has 2 aliphatic rings. The fourth-order valence-electron chi connectivity index (χ4n) is 2.80. The number of nitrogens with one attached hydrogen (secondary N) is 2. The molecule has 152 valence electrons. The lowest BCUT2D eigenvalue weighted by molar-refractivity contribution is -0.115. The molecular weight excluding hydrogens is 361 g/mol. The number of rotatable bonds is 4. The Morgan fingerprint density at radius 1 is 1.39 bits per heavy atom. The summed E-state index contributed by atoms with van der Waals surface area (Å²) in [6, 6.07) is 4.94. The fraction of sp³-hybridized carbons (Fsp3) is 0.450. The van der Waals surface area contributed by atoms with Crippen LogP contribution < -0.4 is 16.4 Å². The van der Waals surface area contributed by atoms with Gasteiger partial charge in [0.1, 0.15) is 11.5 Å². The van der Waals surface area contributed by atoms with Gasteiger partial charge in [0.25, 0.3) is 5.91 Å². The zero-order valence-corrected chi connectivity index (χ0v) is 16.6. The molecule has 2 aliphatic heterocycles. The SMILES string of the molecule is CN=C(C)/C(=C\N)N=C(C)C(=O)NC1CCOC1.Fc1ccc2c(c1)CCN2. The Labute approximate surface area is 165 Å². The maximum absolute atomic E-state index is 12.5. The van der Waals surface area contributed by atoms with E-state index < -0.39 is 0 Å². The van der Waals surface area contributed by atoms with Gasteiger partial charge in [-0.05, 0) is 50.5 Å². The zero-order valence-electron chi connectivity index (χ0n) is 16.6. The Balaban J connectivity index is 0.000000233. The van der Waals surface area contributed by atoms with Gasteiger partial charge in [0.05, 0.1) is 24.1 Å². The number of hydrogen-bond acceptors (Lipinski definition) is 6. The number of aliphatic imine (C=N–C) groups is 2. The number of amides is 1. The lowest BCUT2D eigenvalue weighted by Crippen LogP contribution is -2.38. The molecule has 1 aromatic carbocycles. The maximum Gasteiger partial charge on any atom is 0.265 e. The summed E-state index contributed by atoms with van der Waals surface area (Å²) in [6.07, 6.45) is 3.14. The third kappa shape index (κ3) is 6.16. The highest BCUT2D eigenvalue weighted by molar-refractivity contribution is 6.38. The van der Waals surface area contributed by atoms with E-state index in [1.54, 1.807) is 33.0 Å². The molecule has 1 fully saturated rings. The van der Waals surface area contributed by atoms with Crippen LogP contribution in [0.25, 0.3) is 0 Å². The first-order valence-corrected chi connectivity index (χ1v) is 9.26. The first-order chi connectivity index (χ1) is 13.4. The molecule has 1 aromatic rings. The molecule has 0 radical (unpaired) electrons. The third-order valence-electron chi connectivity index (χ3n) is 4.52. The van der Waals surface area contributed by atoms with Gasteiger partial charge in [-0.2, -0.15) is 0 Å². The number of nitrogens with two attached hydrogens (primary N) is 1. The molecule has 28 heavy (non-hydrogen) atoms. The Morgan fingerprint density at radius 3 is 2.82 bits per heavy atom. The van der Waals surface area contributed by atoms with E-state index in [0.717, 1.165) is 30.6 Å². The summed E-state index contributed by atoms with van der Waals surface area (Å²) in [6.45, 7) is 5.64. The number of nitrogens with zero attached hydrogens (tertiary/aromatic N) is 2. The van der Waals surface area contributed by atoms with Crippen LogP contribution in [0.4, 0.5) is 10.1 Å². The van der Waals surface area contributed by atoms with Crippen LogP contribution in [-0.4, -0.2) is 50.2 Å². The maximum atomic E-state index is 12.5. The van der Waals surface area contributed by atoms with Crippen LogP contribution in [0.15, 0.2) is 40.1 Å². The van der Waals surface area contributed by atoms with Crippen LogP contribution in [0.2, 0.25) is 0 Å². The van der Waals surface area contributed by atoms with Gasteiger partial charge in [-0.3, -0.25) is 9.79 Å². The number of halogens is 1. The largest absolute Gasteiger partial charge is 0.403 e. The van der Waals surface area contributed by atoms with Crippen molar-refractivity contribution in [2.24, 2.45) is 15.7 Å². The van der Waals surface area contributed by atoms with E-state index in [2.05, 4.69) is 20.6 Å². The highest BCUT2D eigenvalue weighted by Crippen LogP contribution is 2.21. The quantitative estimate of drug-likeness (QED) is 0.686. The first kappa shape index (κ1) is 21.6. The first-order valence-electron chi connectivity index (χ1n) is 9.26. The van der Waals surface area contributed by atoms with Gasteiger partial charge in [0.15, 0.2) is 0 Å². The number of carbonyl (C=O) groups excluding carboxylic acids is 1. The summed E-state index contributed by atoms with van der Waals surface area (Å²) in [5.41, 5.74) is 9.20. The van der Waals surface area contributed by atoms with Crippen LogP contribution in [0.1, 0.15) is 25.8 Å². The molecule has 0 saturated carbocycles. The van der Waals surface area contributed by atoms with E-state index in [9.17, 15) is 9.18 Å². The van der Waals surface area contributed by atoms with Gasteiger partial charge in [-0.25, -0.2) is 9.38 Å². The number of anilines is 1. The molecule has 4 N–H and O–H groups in total. The Bertz CT molecular complexity index is 783. The summed E-state index contributed by atoms with van der Waals surface area (Å²) >= 11 is 0. The molecule has 1 saturated heterocycles. The summed E-state index contributed by atoms with van der Waals surface area (Å²) in [4.78, 5) is 20.0. The van der Waals surface area contributed by atoms with Crippen molar-refractivity contribution in [2.45, 2.75) is 32.7 Å². The highest BCUT2D eigenvalue weighted by atomic mass is 19.1. The summed E-state index contributed by atoms with van der Waals surface area (Å²) in [5, 5.41) is 6.02. The smallest absolute Gasteiger partial charge is 0.265 e. The molecule has 0 spiro atoms. The molecule has 3 rings (SSSR count). The molecule has 2 heterocycles. The Morgan fingerprint density at radius 2 is 2.18 bits per heavy atom. The van der Waals surface area contributed by atoms with Gasteiger partial charge in [0, 0.05) is 32.1 Å². The summed E-state index contributed by atoms with van der Waals surface area (Å²) < 4.78 is 17.7. The third-order valence-corrected chi connectivity index (χ3v) is 4.52. The van der Waals surface area contributed by atoms with Gasteiger partial charge >= 0.3 is 0 Å². The number of hydrogen-bond donors (Lipinski definition) is 3. The van der Waals surface area contributed by atoms with Crippen molar-refractivity contribution in [3.05, 3.63) is 41.5 Å². The molecule has 8 heteroatoms. The van der Waals surface area contributed by atoms with E-state index in [1.807, 2.05) is 0 Å². The van der Waals surface area contributed by atoms with Crippen molar-refractivity contribution >= 4 is 23.0 Å². The van der Waals surface area contributed by atoms with Crippen molar-refractivity contribution in [1.29, 1.82) is 0 Å². The van der Waals surface area contributed by atoms with Gasteiger partial charge in [-0.15, -0.1) is 0 Å². The number of carbonyl (C=O) groups is 1. The average molecular weight is 389 g/mol. The minimum atomic E-state index is -0.200. The zero-order chi connectivity index (χ0) is 20.5. The van der Waals surface area contributed by atoms with E-state index in [1.165, 1.54) is 12.3 Å². The normalized spacial score (nSPS) is 19.4. The van der Waals surface area contributed by atoms with Crippen molar-refractivity contribution in [2.75, 3.05) is 32.1 Å². The predicted octanol–water partition coefficient (Wildman–Crippen LogP) is 2.04. The average Bonchev–Trinajstić information content (AvgIpc) is 3.37. The van der Waals surface area contributed by atoms with Crippen LogP contribution >= 0.6 is 0 Å². The van der Waals surface area contributed by atoms with Crippen LogP contribution in [0.3, 0.4) is 0 Å². The van der Waals surface area contributed by atoms with Crippen LogP contribution in [0, 0.1) is 5.82 Å². The Kier molecular flexibility index (Phi) is 8.13. The molecular formula is C20H28FN5O2. The molecule has 0 aliphatic carbocycles. The van der Waals surface area contributed by atoms with Crippen molar-refractivity contribution in [1.82, 2.24) is 5.32 Å². The van der Waals surface area contributed by atoms with Crippen molar-refractivity contribution in [3.63, 3.8) is 0 Å². The number of benzene rings is 1. The second kappa shape index (κ2) is 10.6. The van der Waals surface area contributed by atoms with Gasteiger partial charge in [-0.1, -0.05) is 0 Å². The second-order valence-corrected chi connectivity index (χ2v) is 6.57. The van der Waals surface area contributed by atoms with E-state index in [-0.39, 0.29) is 17.8 Å². The van der Waals surface area contributed by atoms with Gasteiger partial charge in [0.2, 0.25) is 0 Å². The monoisotopic (exact) mass is 389 g/mol. The highest BCUT2D eigenvalue weighted by Gasteiger charge is 2.19. The predicted molar refractivity (Wildman–Crippen MR) is 110 cm³/mol. The molecule has 0 aromatic heterocycles. The standard InChI is InChI=1S/C12H20N4O2.C8H8FN/c1-8(14-3)11(6-13)15-9(2)12(17)16-10-4-5-18-7-10;9-7-1-2-8-6(5-7)3-4-10-8/h6,10H,4-5,7,13H2,1-3H3,(H,16,17);1-2,5,10H,3-4H2/b11-6+,14-8?,15-9?;. The van der Waals surface area contributed by atoms with Crippen LogP contribution in [-0.2, 0) is 16.0 Å².